The monoisotopic (exact) mass is 561 g/mol. The first-order chi connectivity index (χ1) is 18.6. The molecule has 1 saturated heterocycles. The number of carbonyl (C=O) groups excluding carboxylic acids is 4. The van der Waals surface area contributed by atoms with Crippen molar-refractivity contribution in [2.45, 2.75) is 82.6 Å². The summed E-state index contributed by atoms with van der Waals surface area (Å²) < 4.78 is 39.1. The van der Waals surface area contributed by atoms with Crippen LogP contribution < -0.4 is 10.6 Å². The Bertz CT molecular complexity index is 1250. The molecule has 0 unspecified atom stereocenters. The number of para-hydroxylation sites is 1. The van der Waals surface area contributed by atoms with Crippen molar-refractivity contribution in [3.8, 4) is 6.07 Å². The average Bonchev–Trinajstić information content (AvgIpc) is 3.54. The van der Waals surface area contributed by atoms with E-state index in [0.29, 0.717) is 11.3 Å². The van der Waals surface area contributed by atoms with Gasteiger partial charge >= 0.3 is 12.1 Å². The molecule has 4 atom stereocenters. The molecule has 216 valence electrons. The van der Waals surface area contributed by atoms with E-state index in [2.05, 4.69) is 11.4 Å². The maximum Gasteiger partial charge on any atom is 0.471 e. The fraction of sp³-hybridized carbons (Fsp3) is 0.607. The highest BCUT2D eigenvalue weighted by molar-refractivity contribution is 6.07. The van der Waals surface area contributed by atoms with Gasteiger partial charge in [0.1, 0.15) is 18.1 Å². The highest BCUT2D eigenvalue weighted by Crippen LogP contribution is 2.46. The number of anilines is 1. The van der Waals surface area contributed by atoms with Crippen LogP contribution in [0.25, 0.3) is 0 Å². The van der Waals surface area contributed by atoms with Crippen molar-refractivity contribution in [2.75, 3.05) is 18.9 Å². The topological polar surface area (TPSA) is 123 Å². The molecule has 2 aliphatic heterocycles. The number of nitrogens with one attached hydrogen (secondary N) is 2. The molecule has 4 amide bonds. The summed E-state index contributed by atoms with van der Waals surface area (Å²) in [5.41, 5.74) is -0.323. The first-order valence-electron chi connectivity index (χ1n) is 13.3. The van der Waals surface area contributed by atoms with Gasteiger partial charge in [-0.2, -0.15) is 18.4 Å². The minimum absolute atomic E-state index is 0.00927. The van der Waals surface area contributed by atoms with Crippen molar-refractivity contribution in [3.63, 3.8) is 0 Å². The van der Waals surface area contributed by atoms with Gasteiger partial charge in [-0.15, -0.1) is 0 Å². The van der Waals surface area contributed by atoms with Crippen molar-refractivity contribution >= 4 is 29.3 Å². The van der Waals surface area contributed by atoms with Crippen molar-refractivity contribution in [3.05, 3.63) is 29.8 Å². The van der Waals surface area contributed by atoms with Gasteiger partial charge < -0.3 is 20.4 Å². The van der Waals surface area contributed by atoms with Crippen molar-refractivity contribution in [2.24, 2.45) is 11.3 Å². The van der Waals surface area contributed by atoms with Gasteiger partial charge in [0, 0.05) is 25.7 Å². The van der Waals surface area contributed by atoms with Crippen molar-refractivity contribution < 1.29 is 32.3 Å². The number of halogens is 3. The molecule has 2 heterocycles. The van der Waals surface area contributed by atoms with Gasteiger partial charge in [-0.05, 0) is 35.8 Å². The van der Waals surface area contributed by atoms with Crippen LogP contribution in [0.4, 0.5) is 18.9 Å². The predicted octanol–water partition coefficient (Wildman–Crippen LogP) is 3.11. The van der Waals surface area contributed by atoms with Gasteiger partial charge in [0.25, 0.3) is 0 Å². The van der Waals surface area contributed by atoms with E-state index in [1.165, 1.54) is 11.9 Å². The van der Waals surface area contributed by atoms with E-state index in [-0.39, 0.29) is 37.6 Å². The van der Waals surface area contributed by atoms with Crippen LogP contribution in [-0.2, 0) is 24.6 Å². The van der Waals surface area contributed by atoms with Crippen LogP contribution in [0.5, 0.6) is 0 Å². The zero-order valence-electron chi connectivity index (χ0n) is 23.0. The number of amides is 4. The average molecular weight is 562 g/mol. The summed E-state index contributed by atoms with van der Waals surface area (Å²) in [4.78, 5) is 55.0. The maximum absolute atomic E-state index is 14.1. The molecule has 1 aromatic rings. The first-order valence-corrected chi connectivity index (χ1v) is 13.3. The Morgan fingerprint density at radius 3 is 2.45 bits per heavy atom. The number of likely N-dealkylation sites (N-methyl/N-ethyl adjacent to an activating group) is 1. The lowest BCUT2D eigenvalue weighted by molar-refractivity contribution is -0.175. The Kier molecular flexibility index (Phi) is 7.64. The van der Waals surface area contributed by atoms with Crippen molar-refractivity contribution in [1.29, 1.82) is 5.26 Å². The summed E-state index contributed by atoms with van der Waals surface area (Å²) in [5, 5.41) is 14.6. The molecule has 1 spiro atoms. The Morgan fingerprint density at radius 1 is 1.23 bits per heavy atom. The van der Waals surface area contributed by atoms with Crippen LogP contribution in [0, 0.1) is 22.7 Å². The summed E-state index contributed by atoms with van der Waals surface area (Å²) in [5.74, 6) is -3.90. The van der Waals surface area contributed by atoms with E-state index in [0.717, 1.165) is 17.7 Å². The number of likely N-dealkylation sites (tertiary alicyclic amines) is 1. The molecule has 12 heteroatoms. The Morgan fingerprint density at radius 2 is 1.88 bits per heavy atom. The number of hydrogen-bond acceptors (Lipinski definition) is 5. The summed E-state index contributed by atoms with van der Waals surface area (Å²) in [6.07, 6.45) is -3.44. The van der Waals surface area contributed by atoms with E-state index in [1.807, 2.05) is 26.1 Å². The first kappa shape index (κ1) is 29.4. The Balaban J connectivity index is 1.63. The van der Waals surface area contributed by atoms with Gasteiger partial charge in [-0.1, -0.05) is 51.8 Å². The minimum Gasteiger partial charge on any atom is -0.336 e. The van der Waals surface area contributed by atoms with Gasteiger partial charge in [-0.25, -0.2) is 0 Å². The van der Waals surface area contributed by atoms with Gasteiger partial charge in [0.15, 0.2) is 0 Å². The zero-order valence-corrected chi connectivity index (χ0v) is 23.0. The van der Waals surface area contributed by atoms with E-state index in [9.17, 15) is 37.6 Å². The minimum atomic E-state index is -5.16. The van der Waals surface area contributed by atoms with Crippen LogP contribution in [0.1, 0.15) is 58.4 Å². The Hall–Kier alpha value is -3.62. The number of nitriles is 1. The number of rotatable bonds is 7. The van der Waals surface area contributed by atoms with E-state index in [1.54, 1.807) is 24.3 Å². The lowest BCUT2D eigenvalue weighted by Crippen LogP contribution is -2.57. The standard InChI is InChI=1S/C28H34F3N5O4/c1-26(2,3)13-21(35(4)22(37)20(11-16-9-10-16)34-25(40)28(29,30)31)23(38)36-15-27(12-17(36)14-32)18-7-5-6-8-19(18)33-24(27)39/h5-8,16-17,20-21H,9-13,15H2,1-4H3,(H,33,39)(H,34,40)/t17-,20-,21-,27-/m0/s1. The van der Waals surface area contributed by atoms with Gasteiger partial charge in [0.05, 0.1) is 11.5 Å². The molecule has 4 rings (SSSR count). The van der Waals surface area contributed by atoms with Crippen LogP contribution in [0.2, 0.25) is 0 Å². The molecule has 0 aromatic heterocycles. The smallest absolute Gasteiger partial charge is 0.336 e. The van der Waals surface area contributed by atoms with Crippen molar-refractivity contribution in [1.82, 2.24) is 15.1 Å². The molecule has 0 bridgehead atoms. The zero-order chi connectivity index (χ0) is 29.6. The summed E-state index contributed by atoms with van der Waals surface area (Å²) in [6.45, 7) is 5.48. The van der Waals surface area contributed by atoms with E-state index < -0.39 is 52.9 Å². The maximum atomic E-state index is 14.1. The molecule has 1 aromatic carbocycles. The van der Waals surface area contributed by atoms with Crippen LogP contribution in [0.3, 0.4) is 0 Å². The highest BCUT2D eigenvalue weighted by Gasteiger charge is 2.57. The third kappa shape index (κ3) is 5.78. The predicted molar refractivity (Wildman–Crippen MR) is 138 cm³/mol. The Labute approximate surface area is 231 Å². The summed E-state index contributed by atoms with van der Waals surface area (Å²) >= 11 is 0. The second kappa shape index (κ2) is 10.4. The number of hydrogen-bond donors (Lipinski definition) is 2. The molecule has 9 nitrogen and oxygen atoms in total. The fourth-order valence-electron chi connectivity index (χ4n) is 5.70. The molecule has 1 aliphatic carbocycles. The quantitative estimate of drug-likeness (QED) is 0.530. The number of alkyl halides is 3. The molecular formula is C28H34F3N5O4. The molecule has 2 N–H and O–H groups in total. The van der Waals surface area contributed by atoms with Crippen LogP contribution >= 0.6 is 0 Å². The molecule has 40 heavy (non-hydrogen) atoms. The molecule has 1 saturated carbocycles. The normalized spacial score (nSPS) is 23.7. The summed E-state index contributed by atoms with van der Waals surface area (Å²) in [7, 11) is 1.33. The summed E-state index contributed by atoms with van der Waals surface area (Å²) in [6, 6.07) is 5.65. The number of fused-ring (bicyclic) bond motifs is 2. The van der Waals surface area contributed by atoms with Crippen LogP contribution in [0.15, 0.2) is 24.3 Å². The second-order valence-electron chi connectivity index (χ2n) is 12.3. The molecule has 2 fully saturated rings. The number of benzene rings is 1. The molecular weight excluding hydrogens is 527 g/mol. The van der Waals surface area contributed by atoms with E-state index in [4.69, 9.17) is 0 Å². The fourth-order valence-corrected chi connectivity index (χ4v) is 5.70. The lowest BCUT2D eigenvalue weighted by Gasteiger charge is -2.37. The van der Waals surface area contributed by atoms with Gasteiger partial charge in [-0.3, -0.25) is 19.2 Å². The highest BCUT2D eigenvalue weighted by atomic mass is 19.4. The molecule has 3 aliphatic rings. The SMILES string of the molecule is CN(C(=O)[C@H](CC1CC1)NC(=O)C(F)(F)F)[C@@H](CC(C)(C)C)C(=O)N1C[C@]2(C[C@H]1C#N)C(=O)Nc1ccccc12. The number of nitrogens with zero attached hydrogens (tertiary/aromatic N) is 3. The molecule has 0 radical (unpaired) electrons. The number of carbonyl (C=O) groups is 4. The third-order valence-corrected chi connectivity index (χ3v) is 7.95. The van der Waals surface area contributed by atoms with Crippen LogP contribution in [-0.4, -0.2) is 71.3 Å². The second-order valence-corrected chi connectivity index (χ2v) is 12.3. The van der Waals surface area contributed by atoms with Gasteiger partial charge in [0.2, 0.25) is 17.7 Å². The third-order valence-electron chi connectivity index (χ3n) is 7.95. The van der Waals surface area contributed by atoms with E-state index >= 15 is 0 Å². The lowest BCUT2D eigenvalue weighted by atomic mass is 9.80. The largest absolute Gasteiger partial charge is 0.471 e.